The van der Waals surface area contributed by atoms with Crippen LogP contribution in [-0.2, 0) is 16.1 Å². The van der Waals surface area contributed by atoms with Crippen molar-refractivity contribution in [1.82, 2.24) is 4.98 Å². The van der Waals surface area contributed by atoms with Gasteiger partial charge in [0.05, 0.1) is 17.8 Å². The van der Waals surface area contributed by atoms with Crippen molar-refractivity contribution >= 4 is 23.6 Å². The molecule has 172 valence electrons. The SMILES string of the molecule is CCCCOC(=O)/C=C/c1cc(C)c(Oc2ccc(OCc3ccc(C)cc3)cn2)cc1Cl. The molecule has 0 radical (unpaired) electrons. The van der Waals surface area contributed by atoms with Crippen molar-refractivity contribution in [1.29, 1.82) is 0 Å². The van der Waals surface area contributed by atoms with Crippen LogP contribution in [0.4, 0.5) is 0 Å². The van der Waals surface area contributed by atoms with Crippen molar-refractivity contribution in [2.45, 2.75) is 40.2 Å². The van der Waals surface area contributed by atoms with Crippen molar-refractivity contribution < 1.29 is 19.0 Å². The van der Waals surface area contributed by atoms with Crippen molar-refractivity contribution in [2.75, 3.05) is 6.61 Å². The van der Waals surface area contributed by atoms with Crippen LogP contribution in [-0.4, -0.2) is 17.6 Å². The third kappa shape index (κ3) is 7.65. The number of unbranched alkanes of at least 4 members (excludes halogenated alkanes) is 1. The third-order valence-corrected chi connectivity index (χ3v) is 5.21. The van der Waals surface area contributed by atoms with Crippen molar-refractivity contribution in [3.05, 3.63) is 88.1 Å². The first-order chi connectivity index (χ1) is 15.9. The lowest BCUT2D eigenvalue weighted by molar-refractivity contribution is -0.137. The van der Waals surface area contributed by atoms with Gasteiger partial charge < -0.3 is 14.2 Å². The minimum Gasteiger partial charge on any atom is -0.487 e. The summed E-state index contributed by atoms with van der Waals surface area (Å²) in [6.07, 6.45) is 6.47. The van der Waals surface area contributed by atoms with Gasteiger partial charge in [0.25, 0.3) is 0 Å². The van der Waals surface area contributed by atoms with E-state index in [4.69, 9.17) is 25.8 Å². The molecule has 5 nitrogen and oxygen atoms in total. The Morgan fingerprint density at radius 3 is 2.58 bits per heavy atom. The van der Waals surface area contributed by atoms with Crippen LogP contribution in [0.2, 0.25) is 5.02 Å². The Labute approximate surface area is 200 Å². The lowest BCUT2D eigenvalue weighted by Crippen LogP contribution is -2.01. The van der Waals surface area contributed by atoms with Crippen LogP contribution in [0, 0.1) is 13.8 Å². The summed E-state index contributed by atoms with van der Waals surface area (Å²) in [5.74, 6) is 1.29. The van der Waals surface area contributed by atoms with Crippen molar-refractivity contribution in [2.24, 2.45) is 0 Å². The number of nitrogens with zero attached hydrogens (tertiary/aromatic N) is 1. The molecule has 1 aromatic heterocycles. The van der Waals surface area contributed by atoms with Gasteiger partial charge in [-0.25, -0.2) is 9.78 Å². The highest BCUT2D eigenvalue weighted by molar-refractivity contribution is 6.32. The van der Waals surface area contributed by atoms with E-state index < -0.39 is 0 Å². The van der Waals surface area contributed by atoms with Crippen LogP contribution >= 0.6 is 11.6 Å². The van der Waals surface area contributed by atoms with Gasteiger partial charge in [-0.3, -0.25) is 0 Å². The highest BCUT2D eigenvalue weighted by Gasteiger charge is 2.09. The van der Waals surface area contributed by atoms with Gasteiger partial charge >= 0.3 is 5.97 Å². The van der Waals surface area contributed by atoms with Crippen molar-refractivity contribution in [3.63, 3.8) is 0 Å². The lowest BCUT2D eigenvalue weighted by Gasteiger charge is -2.11. The number of hydrogen-bond acceptors (Lipinski definition) is 5. The van der Waals surface area contributed by atoms with Gasteiger partial charge in [0, 0.05) is 18.2 Å². The fourth-order valence-electron chi connectivity index (χ4n) is 2.92. The highest BCUT2D eigenvalue weighted by atomic mass is 35.5. The maximum atomic E-state index is 11.8. The number of pyridine rings is 1. The molecule has 0 aliphatic heterocycles. The summed E-state index contributed by atoms with van der Waals surface area (Å²) in [6.45, 7) is 6.89. The van der Waals surface area contributed by atoms with Gasteiger partial charge in [-0.15, -0.1) is 0 Å². The van der Waals surface area contributed by atoms with E-state index in [0.717, 1.165) is 24.0 Å². The summed E-state index contributed by atoms with van der Waals surface area (Å²) >= 11 is 6.39. The number of aromatic nitrogens is 1. The predicted octanol–water partition coefficient (Wildman–Crippen LogP) is 7.08. The molecule has 0 spiro atoms. The maximum absolute atomic E-state index is 11.8. The number of ether oxygens (including phenoxy) is 3. The first-order valence-electron chi connectivity index (χ1n) is 10.9. The molecular weight excluding hydrogens is 438 g/mol. The molecule has 2 aromatic carbocycles. The Balaban J connectivity index is 1.59. The standard InChI is InChI=1S/C27H28ClNO4/c1-4-5-14-31-27(30)13-10-22-15-20(3)25(16-24(22)28)33-26-12-11-23(17-29-26)32-18-21-8-6-19(2)7-9-21/h6-13,15-17H,4-5,14,18H2,1-3H3/b13-10+. The molecule has 0 aliphatic carbocycles. The average Bonchev–Trinajstić information content (AvgIpc) is 2.81. The zero-order valence-corrected chi connectivity index (χ0v) is 19.9. The molecule has 0 amide bonds. The average molecular weight is 466 g/mol. The van der Waals surface area contributed by atoms with Crippen molar-refractivity contribution in [3.8, 4) is 17.4 Å². The molecule has 0 bridgehead atoms. The quantitative estimate of drug-likeness (QED) is 0.182. The Morgan fingerprint density at radius 1 is 1.09 bits per heavy atom. The predicted molar refractivity (Wildman–Crippen MR) is 131 cm³/mol. The molecule has 0 N–H and O–H groups in total. The highest BCUT2D eigenvalue weighted by Crippen LogP contribution is 2.31. The first-order valence-corrected chi connectivity index (χ1v) is 11.3. The minimum absolute atomic E-state index is 0.383. The summed E-state index contributed by atoms with van der Waals surface area (Å²) in [5.41, 5.74) is 3.88. The van der Waals surface area contributed by atoms with E-state index in [1.807, 2.05) is 38.1 Å². The Morgan fingerprint density at radius 2 is 1.88 bits per heavy atom. The number of benzene rings is 2. The number of carbonyl (C=O) groups is 1. The lowest BCUT2D eigenvalue weighted by atomic mass is 10.1. The maximum Gasteiger partial charge on any atom is 0.330 e. The number of aryl methyl sites for hydroxylation is 2. The van der Waals surface area contributed by atoms with Crippen LogP contribution in [0.5, 0.6) is 17.4 Å². The van der Waals surface area contributed by atoms with Crippen LogP contribution < -0.4 is 9.47 Å². The van der Waals surface area contributed by atoms with Gasteiger partial charge in [0.1, 0.15) is 18.1 Å². The first kappa shape index (κ1) is 24.3. The van der Waals surface area contributed by atoms with Gasteiger partial charge in [0.2, 0.25) is 5.88 Å². The van der Waals surface area contributed by atoms with E-state index in [-0.39, 0.29) is 5.97 Å². The fraction of sp³-hybridized carbons (Fsp3) is 0.259. The second kappa shape index (κ2) is 12.1. The number of rotatable bonds is 10. The van der Waals surface area contributed by atoms with E-state index in [1.165, 1.54) is 11.6 Å². The third-order valence-electron chi connectivity index (χ3n) is 4.89. The molecule has 3 rings (SSSR count). The van der Waals surface area contributed by atoms with Gasteiger partial charge in [-0.05, 0) is 55.2 Å². The molecule has 0 unspecified atom stereocenters. The number of hydrogen-bond donors (Lipinski definition) is 0. The molecule has 0 aliphatic rings. The van der Waals surface area contributed by atoms with E-state index in [1.54, 1.807) is 24.4 Å². The molecular formula is C27H28ClNO4. The molecule has 0 atom stereocenters. The fourth-order valence-corrected chi connectivity index (χ4v) is 3.14. The zero-order chi connectivity index (χ0) is 23.6. The molecule has 33 heavy (non-hydrogen) atoms. The zero-order valence-electron chi connectivity index (χ0n) is 19.1. The summed E-state index contributed by atoms with van der Waals surface area (Å²) in [5, 5.41) is 0.464. The van der Waals surface area contributed by atoms with E-state index in [9.17, 15) is 4.79 Å². The molecule has 1 heterocycles. The minimum atomic E-state index is -0.383. The molecule has 6 heteroatoms. The van der Waals surface area contributed by atoms with E-state index in [2.05, 4.69) is 24.0 Å². The largest absolute Gasteiger partial charge is 0.487 e. The second-order valence-electron chi connectivity index (χ2n) is 7.70. The van der Waals surface area contributed by atoms with Crippen LogP contribution in [0.25, 0.3) is 6.08 Å². The molecule has 0 saturated carbocycles. The normalized spacial score (nSPS) is 10.9. The van der Waals surface area contributed by atoms with Crippen LogP contribution in [0.3, 0.4) is 0 Å². The summed E-state index contributed by atoms with van der Waals surface area (Å²) in [4.78, 5) is 16.1. The van der Waals surface area contributed by atoms with Crippen LogP contribution in [0.1, 0.15) is 42.0 Å². The topological polar surface area (TPSA) is 57.7 Å². The molecule has 0 saturated heterocycles. The number of carbonyl (C=O) groups excluding carboxylic acids is 1. The van der Waals surface area contributed by atoms with Gasteiger partial charge in [-0.1, -0.05) is 54.8 Å². The van der Waals surface area contributed by atoms with Gasteiger partial charge in [-0.2, -0.15) is 0 Å². The number of halogens is 1. The Hall–Kier alpha value is -3.31. The second-order valence-corrected chi connectivity index (χ2v) is 8.11. The Bertz CT molecular complexity index is 1090. The Kier molecular flexibility index (Phi) is 8.90. The smallest absolute Gasteiger partial charge is 0.330 e. The summed E-state index contributed by atoms with van der Waals surface area (Å²) < 4.78 is 16.8. The summed E-state index contributed by atoms with van der Waals surface area (Å²) in [7, 11) is 0. The molecule has 3 aromatic rings. The van der Waals surface area contributed by atoms with Gasteiger partial charge in [0.15, 0.2) is 0 Å². The number of esters is 1. The van der Waals surface area contributed by atoms with E-state index in [0.29, 0.717) is 41.2 Å². The summed E-state index contributed by atoms with van der Waals surface area (Å²) in [6, 6.07) is 15.3. The molecule has 0 fully saturated rings. The van der Waals surface area contributed by atoms with E-state index >= 15 is 0 Å². The van der Waals surface area contributed by atoms with Crippen LogP contribution in [0.15, 0.2) is 60.8 Å². The monoisotopic (exact) mass is 465 g/mol.